The van der Waals surface area contributed by atoms with Gasteiger partial charge in [-0.2, -0.15) is 0 Å². The molecule has 0 amide bonds. The third kappa shape index (κ3) is 4.13. The molecule has 2 aromatic heterocycles. The van der Waals surface area contributed by atoms with Gasteiger partial charge in [0, 0.05) is 40.6 Å². The highest BCUT2D eigenvalue weighted by atomic mass is 79.9. The molecule has 2 atom stereocenters. The summed E-state index contributed by atoms with van der Waals surface area (Å²) < 4.78 is 1.08. The Balaban J connectivity index is 1.34. The summed E-state index contributed by atoms with van der Waals surface area (Å²) in [6.45, 7) is 1.95. The van der Waals surface area contributed by atoms with Crippen LogP contribution in [0.15, 0.2) is 40.4 Å². The van der Waals surface area contributed by atoms with Crippen molar-refractivity contribution in [3.8, 4) is 11.1 Å². The van der Waals surface area contributed by atoms with Gasteiger partial charge < -0.3 is 15.3 Å². The Bertz CT molecular complexity index is 1000. The van der Waals surface area contributed by atoms with Crippen LogP contribution in [0.2, 0.25) is 0 Å². The van der Waals surface area contributed by atoms with E-state index in [1.807, 2.05) is 0 Å². The number of aromatic nitrogens is 2. The minimum Gasteiger partial charge on any atom is -0.392 e. The Hall–Kier alpha value is -1.54. The second-order valence-corrected chi connectivity index (χ2v) is 10.2. The van der Waals surface area contributed by atoms with E-state index in [0.717, 1.165) is 60.3 Å². The maximum absolute atomic E-state index is 10.3. The Morgan fingerprint density at radius 3 is 2.57 bits per heavy atom. The molecule has 0 bridgehead atoms. The molecule has 2 unspecified atom stereocenters. The zero-order chi connectivity index (χ0) is 20.5. The van der Waals surface area contributed by atoms with Gasteiger partial charge in [0.1, 0.15) is 17.0 Å². The monoisotopic (exact) mass is 486 g/mol. The Morgan fingerprint density at radius 1 is 1.03 bits per heavy atom. The Labute approximate surface area is 189 Å². The van der Waals surface area contributed by atoms with Crippen molar-refractivity contribution >= 4 is 43.3 Å². The predicted molar refractivity (Wildman–Crippen MR) is 127 cm³/mol. The standard InChI is InChI=1S/C23H27BrN4OS/c24-16-7-5-15(6-8-16)18-13-30-23-21(18)22(25-14-26-23)28-11-9-17(10-12-28)27-19-3-1-2-4-20(19)29/h5-8,13-14,17,19-20,27,29H,1-4,9-12H2. The van der Waals surface area contributed by atoms with E-state index in [9.17, 15) is 5.11 Å². The van der Waals surface area contributed by atoms with Gasteiger partial charge in [0.2, 0.25) is 0 Å². The first-order valence-electron chi connectivity index (χ1n) is 10.9. The molecule has 7 heteroatoms. The van der Waals surface area contributed by atoms with E-state index in [-0.39, 0.29) is 12.1 Å². The highest BCUT2D eigenvalue weighted by Crippen LogP contribution is 2.38. The number of nitrogens with one attached hydrogen (secondary N) is 1. The van der Waals surface area contributed by atoms with Gasteiger partial charge in [-0.05, 0) is 43.4 Å². The van der Waals surface area contributed by atoms with Crippen molar-refractivity contribution in [3.05, 3.63) is 40.4 Å². The molecule has 1 aliphatic heterocycles. The molecule has 3 heterocycles. The number of thiophene rings is 1. The van der Waals surface area contributed by atoms with Crippen LogP contribution in [0.3, 0.4) is 0 Å². The number of hydrogen-bond acceptors (Lipinski definition) is 6. The lowest BCUT2D eigenvalue weighted by Crippen LogP contribution is -2.51. The van der Waals surface area contributed by atoms with Crippen molar-refractivity contribution in [1.82, 2.24) is 15.3 Å². The second-order valence-electron chi connectivity index (χ2n) is 8.42. The van der Waals surface area contributed by atoms with Crippen LogP contribution in [0.1, 0.15) is 38.5 Å². The normalized spacial score (nSPS) is 23.2. The number of anilines is 1. The van der Waals surface area contributed by atoms with Gasteiger partial charge >= 0.3 is 0 Å². The molecular formula is C23H27BrN4OS. The lowest BCUT2D eigenvalue weighted by Gasteiger charge is -2.37. The third-order valence-electron chi connectivity index (χ3n) is 6.48. The highest BCUT2D eigenvalue weighted by Gasteiger charge is 2.28. The van der Waals surface area contributed by atoms with Crippen LogP contribution in [-0.2, 0) is 0 Å². The first-order chi connectivity index (χ1) is 14.7. The second kappa shape index (κ2) is 8.91. The van der Waals surface area contributed by atoms with Crippen LogP contribution in [0.25, 0.3) is 21.3 Å². The number of halogens is 1. The molecule has 158 valence electrons. The summed E-state index contributed by atoms with van der Waals surface area (Å²) in [5.41, 5.74) is 2.41. The molecule has 1 saturated carbocycles. The number of aliphatic hydroxyl groups is 1. The molecule has 1 aromatic carbocycles. The molecule has 5 nitrogen and oxygen atoms in total. The Kier molecular flexibility index (Phi) is 6.05. The molecule has 2 fully saturated rings. The predicted octanol–water partition coefficient (Wildman–Crippen LogP) is 4.98. The van der Waals surface area contributed by atoms with Gasteiger partial charge in [0.25, 0.3) is 0 Å². The molecular weight excluding hydrogens is 460 g/mol. The molecule has 3 aromatic rings. The average molecular weight is 487 g/mol. The molecule has 5 rings (SSSR count). The fourth-order valence-electron chi connectivity index (χ4n) is 4.81. The quantitative estimate of drug-likeness (QED) is 0.544. The number of benzene rings is 1. The number of hydrogen-bond donors (Lipinski definition) is 2. The van der Waals surface area contributed by atoms with Crippen LogP contribution in [0, 0.1) is 0 Å². The van der Waals surface area contributed by atoms with Gasteiger partial charge in [0.05, 0.1) is 11.5 Å². The molecule has 30 heavy (non-hydrogen) atoms. The number of fused-ring (bicyclic) bond motifs is 1. The van der Waals surface area contributed by atoms with Crippen LogP contribution in [0.5, 0.6) is 0 Å². The van der Waals surface area contributed by atoms with Crippen molar-refractivity contribution in [1.29, 1.82) is 0 Å². The maximum Gasteiger partial charge on any atom is 0.141 e. The largest absolute Gasteiger partial charge is 0.392 e. The Morgan fingerprint density at radius 2 is 1.80 bits per heavy atom. The molecule has 0 spiro atoms. The zero-order valence-electron chi connectivity index (χ0n) is 16.9. The SMILES string of the molecule is OC1CCCCC1NC1CCN(c2ncnc3scc(-c4ccc(Br)cc4)c23)CC1. The van der Waals surface area contributed by atoms with Crippen molar-refractivity contribution in [3.63, 3.8) is 0 Å². The van der Waals surface area contributed by atoms with Crippen LogP contribution >= 0.6 is 27.3 Å². The minimum atomic E-state index is -0.183. The van der Waals surface area contributed by atoms with Gasteiger partial charge in [-0.15, -0.1) is 11.3 Å². The van der Waals surface area contributed by atoms with Gasteiger partial charge in [-0.3, -0.25) is 0 Å². The first-order valence-corrected chi connectivity index (χ1v) is 12.5. The van der Waals surface area contributed by atoms with Gasteiger partial charge in [0.15, 0.2) is 0 Å². The molecule has 1 saturated heterocycles. The van der Waals surface area contributed by atoms with E-state index >= 15 is 0 Å². The van der Waals surface area contributed by atoms with E-state index in [1.165, 1.54) is 22.9 Å². The smallest absolute Gasteiger partial charge is 0.141 e. The summed E-state index contributed by atoms with van der Waals surface area (Å²) in [5, 5.41) is 17.4. The summed E-state index contributed by atoms with van der Waals surface area (Å²) in [5.74, 6) is 1.05. The van der Waals surface area contributed by atoms with Crippen LogP contribution < -0.4 is 10.2 Å². The third-order valence-corrected chi connectivity index (χ3v) is 7.89. The molecule has 2 N–H and O–H groups in total. The first kappa shape index (κ1) is 20.4. The number of aliphatic hydroxyl groups excluding tert-OH is 1. The fraction of sp³-hybridized carbons (Fsp3) is 0.478. The van der Waals surface area contributed by atoms with Crippen molar-refractivity contribution in [2.45, 2.75) is 56.7 Å². The van der Waals surface area contributed by atoms with Crippen molar-refractivity contribution < 1.29 is 5.11 Å². The number of piperidine rings is 1. The number of rotatable bonds is 4. The zero-order valence-corrected chi connectivity index (χ0v) is 19.3. The molecule has 2 aliphatic rings. The minimum absolute atomic E-state index is 0.183. The van der Waals surface area contributed by atoms with E-state index < -0.39 is 0 Å². The van der Waals surface area contributed by atoms with E-state index in [1.54, 1.807) is 17.7 Å². The summed E-state index contributed by atoms with van der Waals surface area (Å²) in [6, 6.07) is 9.20. The molecule has 1 aliphatic carbocycles. The average Bonchev–Trinajstić information content (AvgIpc) is 3.21. The van der Waals surface area contributed by atoms with Crippen LogP contribution in [-0.4, -0.2) is 46.4 Å². The van der Waals surface area contributed by atoms with E-state index in [4.69, 9.17) is 4.98 Å². The highest BCUT2D eigenvalue weighted by molar-refractivity contribution is 9.10. The summed E-state index contributed by atoms with van der Waals surface area (Å²) in [4.78, 5) is 12.7. The summed E-state index contributed by atoms with van der Waals surface area (Å²) in [6.07, 6.45) is 8.08. The molecule has 0 radical (unpaired) electrons. The van der Waals surface area contributed by atoms with Gasteiger partial charge in [-0.1, -0.05) is 40.9 Å². The summed E-state index contributed by atoms with van der Waals surface area (Å²) >= 11 is 5.21. The lowest BCUT2D eigenvalue weighted by molar-refractivity contribution is 0.0828. The van der Waals surface area contributed by atoms with E-state index in [2.05, 4.69) is 60.8 Å². The number of nitrogens with zero attached hydrogens (tertiary/aromatic N) is 3. The summed E-state index contributed by atoms with van der Waals surface area (Å²) in [7, 11) is 0. The van der Waals surface area contributed by atoms with Gasteiger partial charge in [-0.25, -0.2) is 9.97 Å². The lowest BCUT2D eigenvalue weighted by atomic mass is 9.91. The van der Waals surface area contributed by atoms with Crippen molar-refractivity contribution in [2.24, 2.45) is 0 Å². The maximum atomic E-state index is 10.3. The fourth-order valence-corrected chi connectivity index (χ4v) is 5.98. The van der Waals surface area contributed by atoms with Crippen LogP contribution in [0.4, 0.5) is 5.82 Å². The topological polar surface area (TPSA) is 61.3 Å². The van der Waals surface area contributed by atoms with Crippen molar-refractivity contribution in [2.75, 3.05) is 18.0 Å². The van der Waals surface area contributed by atoms with E-state index in [0.29, 0.717) is 6.04 Å².